The summed E-state index contributed by atoms with van der Waals surface area (Å²) in [6.45, 7) is 0. The number of hydrogen-bond donors (Lipinski definition) is 1. The van der Waals surface area contributed by atoms with Crippen molar-refractivity contribution in [3.05, 3.63) is 24.5 Å². The fourth-order valence-corrected chi connectivity index (χ4v) is 3.40. The van der Waals surface area contributed by atoms with E-state index in [9.17, 15) is 8.42 Å². The molecule has 1 aromatic rings. The normalized spacial score (nSPS) is 24.4. The van der Waals surface area contributed by atoms with Gasteiger partial charge < -0.3 is 0 Å². The first kappa shape index (κ1) is 13.0. The molecule has 18 heavy (non-hydrogen) atoms. The van der Waals surface area contributed by atoms with Crippen molar-refractivity contribution in [2.24, 2.45) is 5.92 Å². The Morgan fingerprint density at radius 2 is 2.06 bits per heavy atom. The lowest BCUT2D eigenvalue weighted by Gasteiger charge is -2.25. The van der Waals surface area contributed by atoms with Gasteiger partial charge in [0, 0.05) is 24.4 Å². The van der Waals surface area contributed by atoms with Crippen LogP contribution in [0.1, 0.15) is 25.7 Å². The van der Waals surface area contributed by atoms with Crippen LogP contribution in [0.25, 0.3) is 0 Å². The second-order valence-corrected chi connectivity index (χ2v) is 6.20. The topological polar surface area (TPSA) is 82.9 Å². The summed E-state index contributed by atoms with van der Waals surface area (Å²) in [6.07, 6.45) is 5.84. The van der Waals surface area contributed by atoms with Gasteiger partial charge in [0.05, 0.1) is 6.07 Å². The first-order valence-electron chi connectivity index (χ1n) is 5.94. The van der Waals surface area contributed by atoms with Crippen LogP contribution < -0.4 is 4.72 Å². The van der Waals surface area contributed by atoms with Crippen molar-refractivity contribution >= 4 is 10.0 Å². The standard InChI is InChI=1S/C12H15N3O2S/c13-8-10-3-5-11(6-4-10)15-18(16,17)12-2-1-7-14-9-12/h1-2,7,9-11,15H,3-6H2. The van der Waals surface area contributed by atoms with Crippen molar-refractivity contribution in [1.82, 2.24) is 9.71 Å². The van der Waals surface area contributed by atoms with E-state index in [2.05, 4.69) is 15.8 Å². The molecule has 5 nitrogen and oxygen atoms in total. The molecule has 0 aromatic carbocycles. The molecule has 2 rings (SSSR count). The molecule has 0 spiro atoms. The maximum atomic E-state index is 12.0. The van der Waals surface area contributed by atoms with Crippen molar-refractivity contribution in [2.45, 2.75) is 36.6 Å². The van der Waals surface area contributed by atoms with Crippen LogP contribution in [0.5, 0.6) is 0 Å². The number of sulfonamides is 1. The van der Waals surface area contributed by atoms with Crippen molar-refractivity contribution in [2.75, 3.05) is 0 Å². The lowest BCUT2D eigenvalue weighted by atomic mass is 9.88. The van der Waals surface area contributed by atoms with Gasteiger partial charge in [0.15, 0.2) is 0 Å². The maximum absolute atomic E-state index is 12.0. The summed E-state index contributed by atoms with van der Waals surface area (Å²) in [5.74, 6) is 0.0733. The number of pyridine rings is 1. The molecule has 96 valence electrons. The molecule has 0 unspecified atom stereocenters. The van der Waals surface area contributed by atoms with Crippen LogP contribution in [-0.2, 0) is 10.0 Å². The molecule has 1 aliphatic rings. The SMILES string of the molecule is N#CC1CCC(NS(=O)(=O)c2cccnc2)CC1. The molecular weight excluding hydrogens is 250 g/mol. The van der Waals surface area contributed by atoms with Gasteiger partial charge in [-0.2, -0.15) is 5.26 Å². The van der Waals surface area contributed by atoms with Crippen LogP contribution >= 0.6 is 0 Å². The van der Waals surface area contributed by atoms with Crippen LogP contribution in [-0.4, -0.2) is 19.4 Å². The zero-order valence-electron chi connectivity index (χ0n) is 9.91. The zero-order chi connectivity index (χ0) is 13.0. The third kappa shape index (κ3) is 3.06. The lowest BCUT2D eigenvalue weighted by Crippen LogP contribution is -2.37. The van der Waals surface area contributed by atoms with Crippen LogP contribution in [0.3, 0.4) is 0 Å². The summed E-state index contributed by atoms with van der Waals surface area (Å²) in [7, 11) is -3.48. The molecule has 0 bridgehead atoms. The van der Waals surface area contributed by atoms with Gasteiger partial charge >= 0.3 is 0 Å². The molecule has 1 fully saturated rings. The monoisotopic (exact) mass is 265 g/mol. The number of nitrogens with zero attached hydrogens (tertiary/aromatic N) is 2. The number of hydrogen-bond acceptors (Lipinski definition) is 4. The lowest BCUT2D eigenvalue weighted by molar-refractivity contribution is 0.361. The minimum absolute atomic E-state index is 0.0696. The van der Waals surface area contributed by atoms with E-state index in [4.69, 9.17) is 5.26 Å². The van der Waals surface area contributed by atoms with Crippen LogP contribution in [0.15, 0.2) is 29.4 Å². The van der Waals surface area contributed by atoms with E-state index in [0.717, 1.165) is 25.7 Å². The van der Waals surface area contributed by atoms with E-state index < -0.39 is 10.0 Å². The van der Waals surface area contributed by atoms with Crippen LogP contribution in [0.4, 0.5) is 0 Å². The van der Waals surface area contributed by atoms with Crippen molar-refractivity contribution in [3.63, 3.8) is 0 Å². The van der Waals surface area contributed by atoms with Crippen LogP contribution in [0.2, 0.25) is 0 Å². The number of nitrogens with one attached hydrogen (secondary N) is 1. The van der Waals surface area contributed by atoms with E-state index in [1.54, 1.807) is 6.07 Å². The van der Waals surface area contributed by atoms with Gasteiger partial charge in [0.25, 0.3) is 0 Å². The fraction of sp³-hybridized carbons (Fsp3) is 0.500. The highest BCUT2D eigenvalue weighted by molar-refractivity contribution is 7.89. The molecule has 1 aliphatic carbocycles. The average Bonchev–Trinajstić information content (AvgIpc) is 2.40. The molecule has 1 saturated carbocycles. The first-order chi connectivity index (χ1) is 8.62. The molecule has 0 aliphatic heterocycles. The van der Waals surface area contributed by atoms with Gasteiger partial charge in [-0.15, -0.1) is 0 Å². The zero-order valence-corrected chi connectivity index (χ0v) is 10.7. The molecule has 0 radical (unpaired) electrons. The summed E-state index contributed by atoms with van der Waals surface area (Å²) in [5.41, 5.74) is 0. The van der Waals surface area contributed by atoms with Gasteiger partial charge in [-0.3, -0.25) is 4.98 Å². The van der Waals surface area contributed by atoms with Gasteiger partial charge in [0.2, 0.25) is 10.0 Å². The van der Waals surface area contributed by atoms with Crippen molar-refractivity contribution < 1.29 is 8.42 Å². The quantitative estimate of drug-likeness (QED) is 0.896. The number of rotatable bonds is 3. The van der Waals surface area contributed by atoms with Crippen molar-refractivity contribution in [1.29, 1.82) is 5.26 Å². The minimum atomic E-state index is -3.48. The second kappa shape index (κ2) is 5.46. The average molecular weight is 265 g/mol. The van der Waals surface area contributed by atoms with Gasteiger partial charge in [-0.05, 0) is 37.8 Å². The third-order valence-corrected chi connectivity index (χ3v) is 4.68. The fourth-order valence-electron chi connectivity index (χ4n) is 2.13. The van der Waals surface area contributed by atoms with E-state index in [1.807, 2.05) is 0 Å². The molecule has 1 N–H and O–H groups in total. The minimum Gasteiger partial charge on any atom is -0.263 e. The molecule has 6 heteroatoms. The van der Waals surface area contributed by atoms with E-state index in [1.165, 1.54) is 18.5 Å². The Bertz CT molecular complexity index is 528. The smallest absolute Gasteiger partial charge is 0.242 e. The van der Waals surface area contributed by atoms with E-state index in [-0.39, 0.29) is 16.9 Å². The highest BCUT2D eigenvalue weighted by Crippen LogP contribution is 2.24. The predicted molar refractivity (Wildman–Crippen MR) is 65.9 cm³/mol. The Balaban J connectivity index is 2.00. The highest BCUT2D eigenvalue weighted by Gasteiger charge is 2.25. The van der Waals surface area contributed by atoms with Gasteiger partial charge in [-0.1, -0.05) is 0 Å². The summed E-state index contributed by atoms with van der Waals surface area (Å²) in [4.78, 5) is 3.99. The van der Waals surface area contributed by atoms with E-state index >= 15 is 0 Å². The van der Waals surface area contributed by atoms with E-state index in [0.29, 0.717) is 0 Å². The van der Waals surface area contributed by atoms with Gasteiger partial charge in [-0.25, -0.2) is 13.1 Å². The predicted octanol–water partition coefficient (Wildman–Crippen LogP) is 1.44. The number of nitriles is 1. The Labute approximate surface area is 107 Å². The first-order valence-corrected chi connectivity index (χ1v) is 7.42. The summed E-state index contributed by atoms with van der Waals surface area (Å²) < 4.78 is 26.7. The molecule has 0 amide bonds. The molecule has 0 atom stereocenters. The third-order valence-electron chi connectivity index (χ3n) is 3.18. The summed E-state index contributed by atoms with van der Waals surface area (Å²) in [5, 5.41) is 8.79. The molecule has 1 aromatic heterocycles. The largest absolute Gasteiger partial charge is 0.263 e. The van der Waals surface area contributed by atoms with Gasteiger partial charge in [0.1, 0.15) is 4.90 Å². The highest BCUT2D eigenvalue weighted by atomic mass is 32.2. The van der Waals surface area contributed by atoms with Crippen molar-refractivity contribution in [3.8, 4) is 6.07 Å². The number of aromatic nitrogens is 1. The second-order valence-electron chi connectivity index (χ2n) is 4.49. The molecular formula is C12H15N3O2S. The Kier molecular flexibility index (Phi) is 3.94. The molecule has 0 saturated heterocycles. The molecule has 1 heterocycles. The Morgan fingerprint density at radius 1 is 1.33 bits per heavy atom. The Morgan fingerprint density at radius 3 is 2.61 bits per heavy atom. The summed E-state index contributed by atoms with van der Waals surface area (Å²) >= 11 is 0. The maximum Gasteiger partial charge on any atom is 0.242 e. The van der Waals surface area contributed by atoms with Crippen LogP contribution in [0, 0.1) is 17.2 Å². The Hall–Kier alpha value is -1.45. The summed E-state index contributed by atoms with van der Waals surface area (Å²) in [6, 6.07) is 5.28.